The van der Waals surface area contributed by atoms with Gasteiger partial charge in [0.25, 0.3) is 5.91 Å². The molecule has 2 aromatic carbocycles. The zero-order chi connectivity index (χ0) is 22.1. The average Bonchev–Trinajstić information content (AvgIpc) is 3.27. The number of phenols is 2. The number of benzene rings is 2. The van der Waals surface area contributed by atoms with Crippen molar-refractivity contribution in [2.45, 2.75) is 19.1 Å². The molecule has 0 unspecified atom stereocenters. The van der Waals surface area contributed by atoms with Crippen molar-refractivity contribution in [2.24, 2.45) is 5.10 Å². The van der Waals surface area contributed by atoms with Crippen molar-refractivity contribution in [3.05, 3.63) is 77.9 Å². The highest BCUT2D eigenvalue weighted by Crippen LogP contribution is 2.20. The lowest BCUT2D eigenvalue weighted by molar-refractivity contribution is -0.123. The van der Waals surface area contributed by atoms with Crippen LogP contribution in [0.25, 0.3) is 0 Å². The van der Waals surface area contributed by atoms with Gasteiger partial charge in [-0.25, -0.2) is 15.2 Å². The number of carbonyl (C=O) groups excluding carboxylic acids is 2. The van der Waals surface area contributed by atoms with E-state index in [0.717, 1.165) is 11.6 Å². The molecule has 1 heterocycles. The van der Waals surface area contributed by atoms with Crippen LogP contribution in [0.4, 0.5) is 4.79 Å². The summed E-state index contributed by atoms with van der Waals surface area (Å²) in [4.78, 5) is 31.5. The van der Waals surface area contributed by atoms with Crippen molar-refractivity contribution in [3.63, 3.8) is 0 Å². The first-order valence-electron chi connectivity index (χ1n) is 9.30. The predicted octanol–water partition coefficient (Wildman–Crippen LogP) is 1.81. The van der Waals surface area contributed by atoms with E-state index in [1.807, 2.05) is 30.3 Å². The number of phenolic OH excluding ortho intramolecular Hbond substituents is 2. The summed E-state index contributed by atoms with van der Waals surface area (Å²) in [6.45, 7) is 0.0589. The Hall–Kier alpha value is -4.34. The number of amides is 2. The maximum atomic E-state index is 12.6. The van der Waals surface area contributed by atoms with Gasteiger partial charge in [0.15, 0.2) is 0 Å². The monoisotopic (exact) mass is 423 g/mol. The Morgan fingerprint density at radius 3 is 2.71 bits per heavy atom. The van der Waals surface area contributed by atoms with Crippen molar-refractivity contribution in [3.8, 4) is 11.5 Å². The van der Waals surface area contributed by atoms with Crippen LogP contribution in [-0.4, -0.2) is 44.4 Å². The van der Waals surface area contributed by atoms with Gasteiger partial charge in [0.05, 0.1) is 12.5 Å². The van der Waals surface area contributed by atoms with E-state index in [-0.39, 0.29) is 24.5 Å². The van der Waals surface area contributed by atoms with Crippen LogP contribution in [0.2, 0.25) is 0 Å². The molecule has 3 aromatic rings. The minimum Gasteiger partial charge on any atom is -0.508 e. The SMILES string of the molecule is O=C(N[C@@H](Cc1cnc[nH]1)C(=O)N/N=C\c1ccc(O)cc1O)OCc1ccccc1. The molecule has 3 rings (SSSR count). The number of aromatic hydroxyl groups is 2. The first-order valence-corrected chi connectivity index (χ1v) is 9.30. The minimum atomic E-state index is -0.991. The average molecular weight is 423 g/mol. The molecule has 0 aliphatic carbocycles. The number of aromatic nitrogens is 2. The smallest absolute Gasteiger partial charge is 0.408 e. The highest BCUT2D eigenvalue weighted by atomic mass is 16.5. The van der Waals surface area contributed by atoms with Gasteiger partial charge in [0, 0.05) is 29.9 Å². The zero-order valence-electron chi connectivity index (χ0n) is 16.4. The second kappa shape index (κ2) is 10.4. The van der Waals surface area contributed by atoms with Crippen LogP contribution < -0.4 is 10.7 Å². The van der Waals surface area contributed by atoms with E-state index in [1.165, 1.54) is 30.9 Å². The van der Waals surface area contributed by atoms with E-state index in [0.29, 0.717) is 11.3 Å². The summed E-state index contributed by atoms with van der Waals surface area (Å²) < 4.78 is 5.18. The van der Waals surface area contributed by atoms with Crippen molar-refractivity contribution < 1.29 is 24.5 Å². The summed E-state index contributed by atoms with van der Waals surface area (Å²) in [5, 5.41) is 25.4. The Morgan fingerprint density at radius 1 is 1.19 bits per heavy atom. The van der Waals surface area contributed by atoms with Gasteiger partial charge in [0.2, 0.25) is 0 Å². The summed E-state index contributed by atoms with van der Waals surface area (Å²) in [6.07, 6.45) is 3.59. The Kier molecular flexibility index (Phi) is 7.20. The standard InChI is InChI=1S/C21H21N5O5/c27-17-7-6-15(19(28)9-17)10-24-26-20(29)18(8-16-11-22-13-23-16)25-21(30)31-12-14-4-2-1-3-5-14/h1-7,9-11,13,18,27-28H,8,12H2,(H,22,23)(H,25,30)(H,26,29)/b24-10-/t18-/m0/s1. The lowest BCUT2D eigenvalue weighted by atomic mass is 10.1. The van der Waals surface area contributed by atoms with Gasteiger partial charge in [-0.3, -0.25) is 4.79 Å². The second-order valence-corrected chi connectivity index (χ2v) is 6.52. The lowest BCUT2D eigenvalue weighted by Gasteiger charge is -2.16. The third-order valence-corrected chi connectivity index (χ3v) is 4.19. The van der Waals surface area contributed by atoms with Crippen LogP contribution in [0.15, 0.2) is 66.2 Å². The Balaban J connectivity index is 1.61. The number of aromatic amines is 1. The van der Waals surface area contributed by atoms with Gasteiger partial charge >= 0.3 is 6.09 Å². The molecule has 0 saturated carbocycles. The third kappa shape index (κ3) is 6.60. The summed E-state index contributed by atoms with van der Waals surface area (Å²) in [5.74, 6) is -0.896. The molecule has 0 radical (unpaired) electrons. The highest BCUT2D eigenvalue weighted by molar-refractivity contribution is 5.88. The van der Waals surface area contributed by atoms with Crippen LogP contribution in [0.3, 0.4) is 0 Å². The minimum absolute atomic E-state index is 0.0589. The molecule has 0 aliphatic rings. The molecule has 1 atom stereocenters. The van der Waals surface area contributed by atoms with E-state index in [9.17, 15) is 19.8 Å². The molecule has 10 heteroatoms. The molecule has 31 heavy (non-hydrogen) atoms. The number of ether oxygens (including phenoxy) is 1. The number of carbonyl (C=O) groups is 2. The number of hydrogen-bond acceptors (Lipinski definition) is 7. The van der Waals surface area contributed by atoms with Crippen LogP contribution in [-0.2, 0) is 22.6 Å². The van der Waals surface area contributed by atoms with Crippen LogP contribution in [0, 0.1) is 0 Å². The third-order valence-electron chi connectivity index (χ3n) is 4.19. The van der Waals surface area contributed by atoms with E-state index >= 15 is 0 Å². The Morgan fingerprint density at radius 2 is 2.00 bits per heavy atom. The number of nitrogens with one attached hydrogen (secondary N) is 3. The molecule has 1 aromatic heterocycles. The summed E-state index contributed by atoms with van der Waals surface area (Å²) >= 11 is 0. The van der Waals surface area contributed by atoms with Gasteiger partial charge in [-0.05, 0) is 17.7 Å². The van der Waals surface area contributed by atoms with E-state index in [2.05, 4.69) is 25.8 Å². The van der Waals surface area contributed by atoms with Crippen molar-refractivity contribution >= 4 is 18.2 Å². The number of H-pyrrole nitrogens is 1. The van der Waals surface area contributed by atoms with Crippen LogP contribution in [0.5, 0.6) is 11.5 Å². The molecule has 0 saturated heterocycles. The molecule has 5 N–H and O–H groups in total. The zero-order valence-corrected chi connectivity index (χ0v) is 16.4. The number of hydrazone groups is 1. The summed E-state index contributed by atoms with van der Waals surface area (Å²) in [5.41, 5.74) is 4.05. The number of nitrogens with zero attached hydrogens (tertiary/aromatic N) is 2. The molecule has 0 aliphatic heterocycles. The van der Waals surface area contributed by atoms with Crippen molar-refractivity contribution in [1.29, 1.82) is 0 Å². The fourth-order valence-corrected chi connectivity index (χ4v) is 2.62. The van der Waals surface area contributed by atoms with Gasteiger partial charge < -0.3 is 25.3 Å². The van der Waals surface area contributed by atoms with Gasteiger partial charge in [-0.15, -0.1) is 0 Å². The largest absolute Gasteiger partial charge is 0.508 e. The maximum absolute atomic E-state index is 12.6. The van der Waals surface area contributed by atoms with Gasteiger partial charge in [0.1, 0.15) is 24.1 Å². The Labute approximate surface area is 177 Å². The van der Waals surface area contributed by atoms with E-state index in [1.54, 1.807) is 0 Å². The number of hydrogen-bond donors (Lipinski definition) is 5. The van der Waals surface area contributed by atoms with E-state index < -0.39 is 18.0 Å². The quantitative estimate of drug-likeness (QED) is 0.276. The number of imidazole rings is 1. The number of alkyl carbamates (subject to hydrolysis) is 1. The molecule has 0 spiro atoms. The van der Waals surface area contributed by atoms with Crippen LogP contribution >= 0.6 is 0 Å². The first-order chi connectivity index (χ1) is 15.0. The first kappa shape index (κ1) is 21.4. The fourth-order valence-electron chi connectivity index (χ4n) is 2.62. The molecule has 0 fully saturated rings. The number of rotatable bonds is 8. The Bertz CT molecular complexity index is 1040. The predicted molar refractivity (Wildman–Crippen MR) is 111 cm³/mol. The van der Waals surface area contributed by atoms with Crippen LogP contribution in [0.1, 0.15) is 16.8 Å². The van der Waals surface area contributed by atoms with Gasteiger partial charge in [-0.2, -0.15) is 5.10 Å². The fraction of sp³-hybridized carbons (Fsp3) is 0.143. The molecule has 160 valence electrons. The van der Waals surface area contributed by atoms with Crippen molar-refractivity contribution in [2.75, 3.05) is 0 Å². The van der Waals surface area contributed by atoms with Crippen molar-refractivity contribution in [1.82, 2.24) is 20.7 Å². The lowest BCUT2D eigenvalue weighted by Crippen LogP contribution is -2.47. The molecular formula is C21H21N5O5. The molecular weight excluding hydrogens is 402 g/mol. The topological polar surface area (TPSA) is 149 Å². The summed E-state index contributed by atoms with van der Waals surface area (Å²) in [6, 6.07) is 12.1. The van der Waals surface area contributed by atoms with Gasteiger partial charge in [-0.1, -0.05) is 30.3 Å². The second-order valence-electron chi connectivity index (χ2n) is 6.52. The molecule has 10 nitrogen and oxygen atoms in total. The maximum Gasteiger partial charge on any atom is 0.408 e. The van der Waals surface area contributed by atoms with E-state index in [4.69, 9.17) is 4.74 Å². The summed E-state index contributed by atoms with van der Waals surface area (Å²) in [7, 11) is 0. The molecule has 2 amide bonds. The highest BCUT2D eigenvalue weighted by Gasteiger charge is 2.22. The normalized spacial score (nSPS) is 11.7. The molecule has 0 bridgehead atoms.